The predicted molar refractivity (Wildman–Crippen MR) is 131 cm³/mol. The van der Waals surface area contributed by atoms with Gasteiger partial charge in [0.05, 0.1) is 0 Å². The van der Waals surface area contributed by atoms with Gasteiger partial charge in [-0.25, -0.2) is 0 Å². The van der Waals surface area contributed by atoms with Crippen LogP contribution < -0.4 is 5.32 Å². The second kappa shape index (κ2) is 14.7. The number of unbranched alkanes of at least 4 members (excludes halogenated alkanes) is 1. The molecular formula is C27H35NO3. The highest BCUT2D eigenvalue weighted by molar-refractivity contribution is 5.83. The zero-order chi connectivity index (χ0) is 23.1. The molecule has 4 nitrogen and oxygen atoms in total. The first-order valence-electron chi connectivity index (χ1n) is 10.8. The summed E-state index contributed by atoms with van der Waals surface area (Å²) in [5.41, 5.74) is 3.09. The number of aliphatic hydroxyl groups excluding tert-OH is 1. The minimum atomic E-state index is -0.918. The maximum atomic E-state index is 12.1. The van der Waals surface area contributed by atoms with Crippen LogP contribution in [0.3, 0.4) is 0 Å². The highest BCUT2D eigenvalue weighted by Gasteiger charge is 2.24. The van der Waals surface area contributed by atoms with Crippen LogP contribution in [0.5, 0.6) is 0 Å². The number of benzene rings is 1. The molecule has 1 rings (SSSR count). The first-order chi connectivity index (χ1) is 15.0. The van der Waals surface area contributed by atoms with E-state index in [2.05, 4.69) is 19.2 Å². The molecule has 0 aliphatic rings. The van der Waals surface area contributed by atoms with Gasteiger partial charge in [0, 0.05) is 11.9 Å². The molecule has 1 unspecified atom stereocenters. The molecule has 0 aliphatic heterocycles. The van der Waals surface area contributed by atoms with E-state index in [1.807, 2.05) is 74.6 Å². The lowest BCUT2D eigenvalue weighted by Crippen LogP contribution is -2.15. The van der Waals surface area contributed by atoms with Crippen molar-refractivity contribution in [2.24, 2.45) is 0 Å². The molecule has 0 aromatic heterocycles. The van der Waals surface area contributed by atoms with Gasteiger partial charge >= 0.3 is 5.97 Å². The molecule has 0 saturated carbocycles. The zero-order valence-electron chi connectivity index (χ0n) is 19.0. The first kappa shape index (κ1) is 25.8. The van der Waals surface area contributed by atoms with Gasteiger partial charge in [0.25, 0.3) is 0 Å². The number of para-hydroxylation sites is 1. The molecule has 1 aromatic rings. The van der Waals surface area contributed by atoms with E-state index in [0.29, 0.717) is 11.3 Å². The number of rotatable bonds is 12. The third-order valence-corrected chi connectivity index (χ3v) is 4.71. The molecule has 166 valence electrons. The van der Waals surface area contributed by atoms with Crippen LogP contribution in [0.15, 0.2) is 96.0 Å². The van der Waals surface area contributed by atoms with Crippen molar-refractivity contribution < 1.29 is 15.0 Å². The van der Waals surface area contributed by atoms with Crippen molar-refractivity contribution in [2.75, 3.05) is 5.32 Å². The number of aliphatic hydroxyl groups is 1. The molecule has 31 heavy (non-hydrogen) atoms. The van der Waals surface area contributed by atoms with Crippen LogP contribution in [0.25, 0.3) is 0 Å². The fraction of sp³-hybridized carbons (Fsp3) is 0.296. The Balaban J connectivity index is 3.16. The van der Waals surface area contributed by atoms with Crippen molar-refractivity contribution in [3.05, 3.63) is 102 Å². The molecule has 0 saturated heterocycles. The van der Waals surface area contributed by atoms with E-state index < -0.39 is 11.9 Å². The number of anilines is 1. The summed E-state index contributed by atoms with van der Waals surface area (Å²) in [5.74, 6) is -1.67. The molecule has 0 radical (unpaired) electrons. The van der Waals surface area contributed by atoms with E-state index in [0.717, 1.165) is 30.4 Å². The van der Waals surface area contributed by atoms with Crippen molar-refractivity contribution >= 4 is 11.7 Å². The van der Waals surface area contributed by atoms with Gasteiger partial charge in [-0.2, -0.15) is 0 Å². The summed E-state index contributed by atoms with van der Waals surface area (Å²) in [7, 11) is 0. The third-order valence-electron chi connectivity index (χ3n) is 4.71. The molecule has 1 aromatic carbocycles. The highest BCUT2D eigenvalue weighted by atomic mass is 16.4. The SMILES string of the molecule is CC=CC=C(C=CC(O)=CNc1ccccc1C(C(=O)O)/C(C=CCCC)=C/C)CC. The number of hydrogen-bond acceptors (Lipinski definition) is 3. The van der Waals surface area contributed by atoms with E-state index in [4.69, 9.17) is 0 Å². The van der Waals surface area contributed by atoms with Gasteiger partial charge in [-0.15, -0.1) is 0 Å². The maximum absolute atomic E-state index is 12.1. The normalized spacial score (nSPS) is 14.6. The predicted octanol–water partition coefficient (Wildman–Crippen LogP) is 7.44. The van der Waals surface area contributed by atoms with E-state index in [1.54, 1.807) is 12.1 Å². The Bertz CT molecular complexity index is 885. The van der Waals surface area contributed by atoms with Crippen LogP contribution in [-0.4, -0.2) is 16.2 Å². The molecule has 4 heteroatoms. The molecule has 0 fully saturated rings. The van der Waals surface area contributed by atoms with Gasteiger partial charge in [-0.05, 0) is 55.5 Å². The van der Waals surface area contributed by atoms with Crippen LogP contribution >= 0.6 is 0 Å². The van der Waals surface area contributed by atoms with Crippen molar-refractivity contribution in [3.8, 4) is 0 Å². The van der Waals surface area contributed by atoms with Gasteiger partial charge in [0.15, 0.2) is 0 Å². The fourth-order valence-electron chi connectivity index (χ4n) is 2.98. The Kier molecular flexibility index (Phi) is 12.2. The first-order valence-corrected chi connectivity index (χ1v) is 10.8. The number of nitrogens with one attached hydrogen (secondary N) is 1. The van der Waals surface area contributed by atoms with Crippen LogP contribution in [0.2, 0.25) is 0 Å². The number of aliphatic carboxylic acids is 1. The minimum absolute atomic E-state index is 0.0515. The average molecular weight is 422 g/mol. The van der Waals surface area contributed by atoms with Crippen LogP contribution in [-0.2, 0) is 4.79 Å². The summed E-state index contributed by atoms with van der Waals surface area (Å²) in [6.07, 6.45) is 19.3. The summed E-state index contributed by atoms with van der Waals surface area (Å²) in [4.78, 5) is 12.1. The van der Waals surface area contributed by atoms with Crippen LogP contribution in [0, 0.1) is 0 Å². The van der Waals surface area contributed by atoms with Crippen molar-refractivity contribution in [2.45, 2.75) is 52.9 Å². The van der Waals surface area contributed by atoms with Crippen LogP contribution in [0.4, 0.5) is 5.69 Å². The number of hydrogen-bond donors (Lipinski definition) is 3. The largest absolute Gasteiger partial charge is 0.506 e. The number of carbonyl (C=O) groups is 1. The van der Waals surface area contributed by atoms with E-state index >= 15 is 0 Å². The van der Waals surface area contributed by atoms with Gasteiger partial charge < -0.3 is 15.5 Å². The van der Waals surface area contributed by atoms with Crippen molar-refractivity contribution in [1.82, 2.24) is 0 Å². The highest BCUT2D eigenvalue weighted by Crippen LogP contribution is 2.32. The Morgan fingerprint density at radius 2 is 1.84 bits per heavy atom. The van der Waals surface area contributed by atoms with Crippen molar-refractivity contribution in [3.63, 3.8) is 0 Å². The maximum Gasteiger partial charge on any atom is 0.315 e. The Hall–Kier alpha value is -3.27. The lowest BCUT2D eigenvalue weighted by Gasteiger charge is -2.18. The lowest BCUT2D eigenvalue weighted by atomic mass is 9.89. The number of allylic oxidation sites excluding steroid dienone is 9. The molecule has 1 atom stereocenters. The molecule has 0 aliphatic carbocycles. The molecular weight excluding hydrogens is 386 g/mol. The monoisotopic (exact) mass is 421 g/mol. The fourth-order valence-corrected chi connectivity index (χ4v) is 2.98. The van der Waals surface area contributed by atoms with Gasteiger partial charge in [0.2, 0.25) is 0 Å². The van der Waals surface area contributed by atoms with E-state index in [9.17, 15) is 15.0 Å². The smallest absolute Gasteiger partial charge is 0.315 e. The summed E-state index contributed by atoms with van der Waals surface area (Å²) in [6.45, 7) is 7.94. The minimum Gasteiger partial charge on any atom is -0.506 e. The quantitative estimate of drug-likeness (QED) is 0.242. The van der Waals surface area contributed by atoms with Gasteiger partial charge in [-0.1, -0.05) is 81.0 Å². The van der Waals surface area contributed by atoms with E-state index in [1.165, 1.54) is 6.20 Å². The molecule has 0 heterocycles. The summed E-state index contributed by atoms with van der Waals surface area (Å²) >= 11 is 0. The molecule has 3 N–H and O–H groups in total. The summed E-state index contributed by atoms with van der Waals surface area (Å²) in [5, 5.41) is 23.3. The molecule has 0 bridgehead atoms. The molecule has 0 amide bonds. The lowest BCUT2D eigenvalue weighted by molar-refractivity contribution is -0.137. The third kappa shape index (κ3) is 8.95. The summed E-state index contributed by atoms with van der Waals surface area (Å²) in [6, 6.07) is 7.27. The second-order valence-corrected chi connectivity index (χ2v) is 7.01. The Morgan fingerprint density at radius 1 is 1.10 bits per heavy atom. The van der Waals surface area contributed by atoms with Gasteiger partial charge in [-0.3, -0.25) is 4.79 Å². The number of carboxylic acids is 1. The van der Waals surface area contributed by atoms with Crippen molar-refractivity contribution in [1.29, 1.82) is 0 Å². The Labute approximate surface area is 186 Å². The topological polar surface area (TPSA) is 69.6 Å². The van der Waals surface area contributed by atoms with Gasteiger partial charge in [0.1, 0.15) is 11.7 Å². The zero-order valence-corrected chi connectivity index (χ0v) is 19.0. The Morgan fingerprint density at radius 3 is 2.45 bits per heavy atom. The van der Waals surface area contributed by atoms with Crippen LogP contribution in [0.1, 0.15) is 58.4 Å². The van der Waals surface area contributed by atoms with E-state index in [-0.39, 0.29) is 5.76 Å². The second-order valence-electron chi connectivity index (χ2n) is 7.01. The summed E-state index contributed by atoms with van der Waals surface area (Å²) < 4.78 is 0. The molecule has 0 spiro atoms. The standard InChI is InChI=1S/C27H35NO3/c1-5-9-11-15-22(8-4)26(27(30)31)24-16-12-13-17-25(24)28-20-23(29)19-18-21(7-3)14-10-6-2/h6,8,10-20,26,28-29H,5,7,9H2,1-4H3,(H,30,31)/b10-6?,15-11?,19-18?,21-14?,22-8+,23-20?. The number of carboxylic acid groups (broad SMARTS) is 1. The average Bonchev–Trinajstić information content (AvgIpc) is 2.77.